The molecule has 1 rings (SSSR count). The zero-order valence-electron chi connectivity index (χ0n) is 11.3. The number of aliphatic hydroxyl groups is 1. The summed E-state index contributed by atoms with van der Waals surface area (Å²) in [4.78, 5) is 11.7. The molecule has 5 heteroatoms. The van der Waals surface area contributed by atoms with Crippen molar-refractivity contribution in [2.75, 3.05) is 12.4 Å². The first-order valence-electron chi connectivity index (χ1n) is 6.17. The van der Waals surface area contributed by atoms with E-state index in [2.05, 4.69) is 5.32 Å². The summed E-state index contributed by atoms with van der Waals surface area (Å²) in [6.45, 7) is 3.81. The van der Waals surface area contributed by atoms with Gasteiger partial charge in [0.15, 0.2) is 0 Å². The van der Waals surface area contributed by atoms with Crippen LogP contribution in [0.3, 0.4) is 0 Å². The summed E-state index contributed by atoms with van der Waals surface area (Å²) >= 11 is 1.48. The Morgan fingerprint density at radius 3 is 2.58 bits per heavy atom. The Hall–Kier alpha value is -1.07. The molecule has 0 spiro atoms. The van der Waals surface area contributed by atoms with Gasteiger partial charge in [-0.25, -0.2) is 4.39 Å². The van der Waals surface area contributed by atoms with Gasteiger partial charge in [-0.2, -0.15) is 0 Å². The normalized spacial score (nSPS) is 11.4. The average molecular weight is 285 g/mol. The molecule has 0 bridgehead atoms. The Morgan fingerprint density at radius 1 is 1.37 bits per heavy atom. The zero-order chi connectivity index (χ0) is 14.3. The van der Waals surface area contributed by atoms with Crippen molar-refractivity contribution in [3.8, 4) is 0 Å². The number of rotatable bonds is 7. The first-order valence-corrected chi connectivity index (χ1v) is 7.32. The van der Waals surface area contributed by atoms with E-state index in [0.717, 1.165) is 5.56 Å². The second-order valence-corrected chi connectivity index (χ2v) is 6.01. The molecule has 0 aliphatic rings. The molecule has 1 aromatic rings. The lowest BCUT2D eigenvalue weighted by Crippen LogP contribution is -2.44. The van der Waals surface area contributed by atoms with Crippen molar-refractivity contribution >= 4 is 17.7 Å². The number of hydrogen-bond acceptors (Lipinski definition) is 3. The number of halogens is 1. The first-order chi connectivity index (χ1) is 8.93. The molecule has 0 saturated carbocycles. The second-order valence-electron chi connectivity index (χ2n) is 5.02. The van der Waals surface area contributed by atoms with Crippen molar-refractivity contribution in [1.29, 1.82) is 0 Å². The van der Waals surface area contributed by atoms with E-state index < -0.39 is 0 Å². The summed E-state index contributed by atoms with van der Waals surface area (Å²) in [5, 5.41) is 11.7. The third kappa shape index (κ3) is 6.59. The van der Waals surface area contributed by atoms with Crippen molar-refractivity contribution in [1.82, 2.24) is 5.32 Å². The molecule has 0 unspecified atom stereocenters. The molecule has 2 N–H and O–H groups in total. The van der Waals surface area contributed by atoms with Gasteiger partial charge < -0.3 is 10.4 Å². The minimum absolute atomic E-state index is 0.0504. The number of thioether (sulfide) groups is 1. The van der Waals surface area contributed by atoms with Crippen LogP contribution in [0.5, 0.6) is 0 Å². The van der Waals surface area contributed by atoms with Gasteiger partial charge in [0.05, 0.1) is 5.75 Å². The molecular formula is C14H20FNO2S. The highest BCUT2D eigenvalue weighted by Crippen LogP contribution is 2.13. The van der Waals surface area contributed by atoms with Crippen LogP contribution in [0.1, 0.15) is 25.8 Å². The van der Waals surface area contributed by atoms with E-state index in [0.29, 0.717) is 17.9 Å². The van der Waals surface area contributed by atoms with Gasteiger partial charge in [0.25, 0.3) is 0 Å². The maximum atomic E-state index is 12.7. The number of benzene rings is 1. The van der Waals surface area contributed by atoms with E-state index in [-0.39, 0.29) is 23.9 Å². The fraction of sp³-hybridized carbons (Fsp3) is 0.500. The minimum Gasteiger partial charge on any atom is -0.396 e. The van der Waals surface area contributed by atoms with Crippen LogP contribution in [0.25, 0.3) is 0 Å². The molecule has 106 valence electrons. The standard InChI is InChI=1S/C14H20FNO2S/c1-14(2,7-8-17)16-13(18)10-19-9-11-3-5-12(15)6-4-11/h3-6,17H,7-10H2,1-2H3,(H,16,18). The van der Waals surface area contributed by atoms with Crippen LogP contribution >= 0.6 is 11.8 Å². The molecule has 1 aromatic carbocycles. The highest BCUT2D eigenvalue weighted by Gasteiger charge is 2.19. The Morgan fingerprint density at radius 2 is 2.00 bits per heavy atom. The van der Waals surface area contributed by atoms with Crippen LogP contribution in [0.4, 0.5) is 4.39 Å². The largest absolute Gasteiger partial charge is 0.396 e. The smallest absolute Gasteiger partial charge is 0.230 e. The number of aliphatic hydroxyl groups excluding tert-OH is 1. The van der Waals surface area contributed by atoms with Gasteiger partial charge in [0.1, 0.15) is 5.82 Å². The van der Waals surface area contributed by atoms with Crippen LogP contribution in [-0.4, -0.2) is 28.9 Å². The molecule has 1 amide bonds. The van der Waals surface area contributed by atoms with Gasteiger partial charge in [-0.15, -0.1) is 11.8 Å². The van der Waals surface area contributed by atoms with E-state index in [4.69, 9.17) is 5.11 Å². The maximum absolute atomic E-state index is 12.7. The Balaban J connectivity index is 2.29. The second kappa shape index (κ2) is 7.50. The molecule has 19 heavy (non-hydrogen) atoms. The molecule has 0 fully saturated rings. The molecule has 0 radical (unpaired) electrons. The summed E-state index contributed by atoms with van der Waals surface area (Å²) < 4.78 is 12.7. The lowest BCUT2D eigenvalue weighted by molar-refractivity contribution is -0.120. The Labute approximate surface area is 117 Å². The molecule has 0 aliphatic carbocycles. The van der Waals surface area contributed by atoms with Crippen LogP contribution in [-0.2, 0) is 10.5 Å². The first kappa shape index (κ1) is 16.0. The Bertz CT molecular complexity index is 406. The third-order valence-corrected chi connectivity index (χ3v) is 3.63. The van der Waals surface area contributed by atoms with Crippen molar-refractivity contribution < 1.29 is 14.3 Å². The van der Waals surface area contributed by atoms with Gasteiger partial charge in [-0.3, -0.25) is 4.79 Å². The van der Waals surface area contributed by atoms with E-state index >= 15 is 0 Å². The molecule has 0 atom stereocenters. The highest BCUT2D eigenvalue weighted by molar-refractivity contribution is 7.99. The van der Waals surface area contributed by atoms with Gasteiger partial charge >= 0.3 is 0 Å². The van der Waals surface area contributed by atoms with Crippen LogP contribution in [0.2, 0.25) is 0 Å². The Kier molecular flexibility index (Phi) is 6.31. The summed E-state index contributed by atoms with van der Waals surface area (Å²) in [7, 11) is 0. The van der Waals surface area contributed by atoms with Gasteiger partial charge in [0.2, 0.25) is 5.91 Å². The van der Waals surface area contributed by atoms with E-state index in [1.807, 2.05) is 13.8 Å². The fourth-order valence-electron chi connectivity index (χ4n) is 1.60. The third-order valence-electron chi connectivity index (χ3n) is 2.63. The van der Waals surface area contributed by atoms with E-state index in [1.165, 1.54) is 23.9 Å². The zero-order valence-corrected chi connectivity index (χ0v) is 12.1. The monoisotopic (exact) mass is 285 g/mol. The summed E-state index contributed by atoms with van der Waals surface area (Å²) in [6.07, 6.45) is 0.529. The number of amides is 1. The van der Waals surface area contributed by atoms with Crippen molar-refractivity contribution in [2.24, 2.45) is 0 Å². The molecule has 0 aromatic heterocycles. The average Bonchev–Trinajstić information content (AvgIpc) is 2.30. The van der Waals surface area contributed by atoms with Crippen LogP contribution < -0.4 is 5.32 Å². The molecule has 0 saturated heterocycles. The lowest BCUT2D eigenvalue weighted by atomic mass is 10.0. The van der Waals surface area contributed by atoms with Crippen LogP contribution in [0, 0.1) is 5.82 Å². The van der Waals surface area contributed by atoms with Crippen molar-refractivity contribution in [3.05, 3.63) is 35.6 Å². The van der Waals surface area contributed by atoms with E-state index in [1.54, 1.807) is 12.1 Å². The summed E-state index contributed by atoms with van der Waals surface area (Å²) in [5.41, 5.74) is 0.608. The SMILES string of the molecule is CC(C)(CCO)NC(=O)CSCc1ccc(F)cc1. The number of nitrogens with one attached hydrogen (secondary N) is 1. The highest BCUT2D eigenvalue weighted by atomic mass is 32.2. The molecule has 0 aliphatic heterocycles. The van der Waals surface area contributed by atoms with Gasteiger partial charge in [0, 0.05) is 17.9 Å². The minimum atomic E-state index is -0.387. The number of hydrogen-bond donors (Lipinski definition) is 2. The maximum Gasteiger partial charge on any atom is 0.230 e. The molecular weight excluding hydrogens is 265 g/mol. The van der Waals surface area contributed by atoms with E-state index in [9.17, 15) is 9.18 Å². The number of carbonyl (C=O) groups is 1. The topological polar surface area (TPSA) is 49.3 Å². The predicted octanol–water partition coefficient (Wildman–Crippen LogP) is 2.34. The van der Waals surface area contributed by atoms with Gasteiger partial charge in [-0.05, 0) is 38.0 Å². The van der Waals surface area contributed by atoms with Crippen molar-refractivity contribution in [3.63, 3.8) is 0 Å². The fourth-order valence-corrected chi connectivity index (χ4v) is 2.39. The lowest BCUT2D eigenvalue weighted by Gasteiger charge is -2.25. The van der Waals surface area contributed by atoms with Gasteiger partial charge in [-0.1, -0.05) is 12.1 Å². The number of carbonyl (C=O) groups excluding carboxylic acids is 1. The molecule has 0 heterocycles. The quantitative estimate of drug-likeness (QED) is 0.808. The van der Waals surface area contributed by atoms with Crippen LogP contribution in [0.15, 0.2) is 24.3 Å². The van der Waals surface area contributed by atoms with Crippen molar-refractivity contribution in [2.45, 2.75) is 31.6 Å². The molecule has 3 nitrogen and oxygen atoms in total. The predicted molar refractivity (Wildman–Crippen MR) is 76.5 cm³/mol. The summed E-state index contributed by atoms with van der Waals surface area (Å²) in [5.74, 6) is 0.725. The summed E-state index contributed by atoms with van der Waals surface area (Å²) in [6, 6.07) is 6.27.